The fraction of sp³-hybridized carbons (Fsp3) is 0.0769. The molecule has 1 N–H and O–H groups in total. The maximum Gasteiger partial charge on any atom is 0.339 e. The Bertz CT molecular complexity index is 763. The number of benzene rings is 1. The van der Waals surface area contributed by atoms with Crippen molar-refractivity contribution in [1.29, 1.82) is 0 Å². The lowest BCUT2D eigenvalue weighted by Gasteiger charge is -2.11. The molecule has 0 radical (unpaired) electrons. The number of nitrogens with zero attached hydrogens (tertiary/aromatic N) is 1. The third kappa shape index (κ3) is 3.50. The van der Waals surface area contributed by atoms with E-state index in [9.17, 15) is 13.2 Å². The fourth-order valence-electron chi connectivity index (χ4n) is 1.60. The SMILES string of the molecule is COC(=O)c1ccc(Cl)cc1NS(=O)(=O)c1cccnc1. The van der Waals surface area contributed by atoms with Crippen LogP contribution in [0.1, 0.15) is 10.4 Å². The lowest BCUT2D eigenvalue weighted by molar-refractivity contribution is 0.0602. The van der Waals surface area contributed by atoms with Gasteiger partial charge in [-0.15, -0.1) is 0 Å². The number of carbonyl (C=O) groups is 1. The standard InChI is InChI=1S/C13H11ClN2O4S/c1-20-13(17)11-5-4-9(14)7-12(11)16-21(18,19)10-3-2-6-15-8-10/h2-8,16H,1H3. The highest BCUT2D eigenvalue weighted by Gasteiger charge is 2.19. The Hall–Kier alpha value is -2.12. The number of carbonyl (C=O) groups excluding carboxylic acids is 1. The van der Waals surface area contributed by atoms with E-state index in [0.717, 1.165) is 0 Å². The van der Waals surface area contributed by atoms with E-state index < -0.39 is 16.0 Å². The second-order valence-electron chi connectivity index (χ2n) is 3.98. The topological polar surface area (TPSA) is 85.4 Å². The minimum absolute atomic E-state index is 0.0270. The largest absolute Gasteiger partial charge is 0.465 e. The lowest BCUT2D eigenvalue weighted by atomic mass is 10.2. The average molecular weight is 327 g/mol. The third-order valence-corrected chi connectivity index (χ3v) is 4.16. The van der Waals surface area contributed by atoms with Gasteiger partial charge in [-0.3, -0.25) is 9.71 Å². The molecule has 1 heterocycles. The van der Waals surface area contributed by atoms with Crippen molar-refractivity contribution in [3.8, 4) is 0 Å². The molecule has 0 saturated heterocycles. The molecule has 8 heteroatoms. The molecule has 1 aromatic carbocycles. The Kier molecular flexibility index (Phi) is 4.44. The first-order valence-corrected chi connectivity index (χ1v) is 7.61. The molecule has 0 unspecified atom stereocenters. The Morgan fingerprint density at radius 2 is 2.10 bits per heavy atom. The van der Waals surface area contributed by atoms with Gasteiger partial charge in [-0.1, -0.05) is 11.6 Å². The highest BCUT2D eigenvalue weighted by molar-refractivity contribution is 7.92. The molecular weight excluding hydrogens is 316 g/mol. The molecular formula is C13H11ClN2O4S. The highest BCUT2D eigenvalue weighted by Crippen LogP contribution is 2.24. The van der Waals surface area contributed by atoms with Crippen molar-refractivity contribution in [3.63, 3.8) is 0 Å². The molecule has 2 aromatic rings. The number of sulfonamides is 1. The predicted molar refractivity (Wildman–Crippen MR) is 77.8 cm³/mol. The summed E-state index contributed by atoms with van der Waals surface area (Å²) in [6, 6.07) is 7.07. The van der Waals surface area contributed by atoms with Crippen molar-refractivity contribution in [2.24, 2.45) is 0 Å². The van der Waals surface area contributed by atoms with Crippen LogP contribution in [-0.2, 0) is 14.8 Å². The normalized spacial score (nSPS) is 11.0. The molecule has 21 heavy (non-hydrogen) atoms. The summed E-state index contributed by atoms with van der Waals surface area (Å²) < 4.78 is 31.4. The molecule has 0 aliphatic heterocycles. The average Bonchev–Trinajstić information content (AvgIpc) is 2.47. The van der Waals surface area contributed by atoms with E-state index in [0.29, 0.717) is 0 Å². The van der Waals surface area contributed by atoms with Crippen molar-refractivity contribution >= 4 is 33.3 Å². The van der Waals surface area contributed by atoms with E-state index in [2.05, 4.69) is 14.4 Å². The first kappa shape index (κ1) is 15.3. The smallest absolute Gasteiger partial charge is 0.339 e. The molecule has 0 bridgehead atoms. The number of anilines is 1. The van der Waals surface area contributed by atoms with Gasteiger partial charge in [0.25, 0.3) is 10.0 Å². The van der Waals surface area contributed by atoms with Crippen LogP contribution in [0.5, 0.6) is 0 Å². The van der Waals surface area contributed by atoms with E-state index in [1.807, 2.05) is 0 Å². The van der Waals surface area contributed by atoms with E-state index in [-0.39, 0.29) is 21.2 Å². The molecule has 2 rings (SSSR count). The van der Waals surface area contributed by atoms with Gasteiger partial charge in [0.15, 0.2) is 0 Å². The number of hydrogen-bond donors (Lipinski definition) is 1. The first-order valence-electron chi connectivity index (χ1n) is 5.75. The number of ether oxygens (including phenoxy) is 1. The number of hydrogen-bond acceptors (Lipinski definition) is 5. The molecule has 6 nitrogen and oxygen atoms in total. The number of methoxy groups -OCH3 is 1. The Balaban J connectivity index is 2.44. The summed E-state index contributed by atoms with van der Waals surface area (Å²) in [5.74, 6) is -0.671. The summed E-state index contributed by atoms with van der Waals surface area (Å²) in [5, 5.41) is 0.284. The van der Waals surface area contributed by atoms with Gasteiger partial charge < -0.3 is 4.74 Å². The van der Waals surface area contributed by atoms with Crippen LogP contribution in [0.25, 0.3) is 0 Å². The minimum atomic E-state index is -3.87. The van der Waals surface area contributed by atoms with E-state index in [4.69, 9.17) is 11.6 Å². The van der Waals surface area contributed by atoms with Crippen LogP contribution >= 0.6 is 11.6 Å². The molecule has 110 valence electrons. The fourth-order valence-corrected chi connectivity index (χ4v) is 2.80. The van der Waals surface area contributed by atoms with Gasteiger partial charge in [0.2, 0.25) is 0 Å². The van der Waals surface area contributed by atoms with E-state index in [1.165, 1.54) is 49.8 Å². The van der Waals surface area contributed by atoms with Crippen LogP contribution in [-0.4, -0.2) is 26.5 Å². The quantitative estimate of drug-likeness (QED) is 0.871. The van der Waals surface area contributed by atoms with Crippen LogP contribution in [0, 0.1) is 0 Å². The monoisotopic (exact) mass is 326 g/mol. The second-order valence-corrected chi connectivity index (χ2v) is 6.09. The number of rotatable bonds is 4. The molecule has 0 aliphatic carbocycles. The number of esters is 1. The summed E-state index contributed by atoms with van der Waals surface area (Å²) >= 11 is 5.84. The summed E-state index contributed by atoms with van der Waals surface area (Å²) in [7, 11) is -2.67. The minimum Gasteiger partial charge on any atom is -0.465 e. The maximum absolute atomic E-state index is 12.2. The second kappa shape index (κ2) is 6.11. The van der Waals surface area contributed by atoms with E-state index >= 15 is 0 Å². The summed E-state index contributed by atoms with van der Waals surface area (Å²) in [5.41, 5.74) is 0.104. The van der Waals surface area contributed by atoms with Crippen LogP contribution in [0.2, 0.25) is 5.02 Å². The summed E-state index contributed by atoms with van der Waals surface area (Å²) in [6.45, 7) is 0. The molecule has 0 spiro atoms. The first-order chi connectivity index (χ1) is 9.94. The molecule has 0 atom stereocenters. The van der Waals surface area contributed by atoms with Gasteiger partial charge in [0.1, 0.15) is 4.90 Å². The zero-order valence-electron chi connectivity index (χ0n) is 10.9. The van der Waals surface area contributed by atoms with Crippen molar-refractivity contribution < 1.29 is 17.9 Å². The highest BCUT2D eigenvalue weighted by atomic mass is 35.5. The van der Waals surface area contributed by atoms with Gasteiger partial charge in [-0.2, -0.15) is 0 Å². The molecule has 1 aromatic heterocycles. The van der Waals surface area contributed by atoms with Crippen molar-refractivity contribution in [2.75, 3.05) is 11.8 Å². The van der Waals surface area contributed by atoms with Crippen molar-refractivity contribution in [3.05, 3.63) is 53.3 Å². The molecule has 0 fully saturated rings. The molecule has 0 amide bonds. The van der Waals surface area contributed by atoms with Crippen LogP contribution in [0.3, 0.4) is 0 Å². The Labute approximate surface area is 126 Å². The molecule has 0 saturated carbocycles. The zero-order chi connectivity index (χ0) is 15.5. The van der Waals surface area contributed by atoms with Crippen LogP contribution < -0.4 is 4.72 Å². The maximum atomic E-state index is 12.2. The van der Waals surface area contributed by atoms with Crippen LogP contribution in [0.4, 0.5) is 5.69 Å². The van der Waals surface area contributed by atoms with Gasteiger partial charge in [0, 0.05) is 17.4 Å². The van der Waals surface area contributed by atoms with Crippen molar-refractivity contribution in [2.45, 2.75) is 4.90 Å². The Morgan fingerprint density at radius 1 is 1.33 bits per heavy atom. The van der Waals surface area contributed by atoms with Gasteiger partial charge in [-0.05, 0) is 30.3 Å². The van der Waals surface area contributed by atoms with Crippen LogP contribution in [0.15, 0.2) is 47.6 Å². The number of pyridine rings is 1. The van der Waals surface area contributed by atoms with Crippen molar-refractivity contribution in [1.82, 2.24) is 4.98 Å². The number of halogens is 1. The van der Waals surface area contributed by atoms with Gasteiger partial charge in [0.05, 0.1) is 18.4 Å². The summed E-state index contributed by atoms with van der Waals surface area (Å²) in [4.78, 5) is 15.4. The number of nitrogens with one attached hydrogen (secondary N) is 1. The van der Waals surface area contributed by atoms with Gasteiger partial charge in [-0.25, -0.2) is 13.2 Å². The lowest BCUT2D eigenvalue weighted by Crippen LogP contribution is -2.16. The number of aromatic nitrogens is 1. The predicted octanol–water partition coefficient (Wildman–Crippen LogP) is 2.32. The third-order valence-electron chi connectivity index (χ3n) is 2.58. The van der Waals surface area contributed by atoms with E-state index in [1.54, 1.807) is 0 Å². The summed E-state index contributed by atoms with van der Waals surface area (Å²) in [6.07, 6.45) is 2.66. The zero-order valence-corrected chi connectivity index (χ0v) is 12.5. The molecule has 0 aliphatic rings. The van der Waals surface area contributed by atoms with Gasteiger partial charge >= 0.3 is 5.97 Å². The Morgan fingerprint density at radius 3 is 2.71 bits per heavy atom.